The predicted molar refractivity (Wildman–Crippen MR) is 79.1 cm³/mol. The maximum Gasteiger partial charge on any atom is 0.129 e. The quantitative estimate of drug-likeness (QED) is 0.655. The van der Waals surface area contributed by atoms with Crippen LogP contribution in [0.4, 0.5) is 0 Å². The van der Waals surface area contributed by atoms with Gasteiger partial charge in [0.2, 0.25) is 0 Å². The van der Waals surface area contributed by atoms with Crippen molar-refractivity contribution in [3.05, 3.63) is 23.7 Å². The third kappa shape index (κ3) is 6.79. The van der Waals surface area contributed by atoms with Crippen LogP contribution < -0.4 is 5.32 Å². The van der Waals surface area contributed by atoms with Crippen LogP contribution in [0.5, 0.6) is 0 Å². The fourth-order valence-corrected chi connectivity index (χ4v) is 2.07. The van der Waals surface area contributed by atoms with Crippen LogP contribution in [0.25, 0.3) is 0 Å². The van der Waals surface area contributed by atoms with Crippen LogP contribution >= 0.6 is 0 Å². The van der Waals surface area contributed by atoms with Crippen LogP contribution in [-0.2, 0) is 17.9 Å². The molecule has 0 bridgehead atoms. The molecule has 110 valence electrons. The first-order valence-corrected chi connectivity index (χ1v) is 7.66. The van der Waals surface area contributed by atoms with Crippen molar-refractivity contribution >= 4 is 0 Å². The van der Waals surface area contributed by atoms with E-state index in [2.05, 4.69) is 26.1 Å². The van der Waals surface area contributed by atoms with E-state index in [1.54, 1.807) is 0 Å². The van der Waals surface area contributed by atoms with Gasteiger partial charge in [-0.15, -0.1) is 0 Å². The van der Waals surface area contributed by atoms with Crippen molar-refractivity contribution in [2.75, 3.05) is 13.2 Å². The predicted octanol–water partition coefficient (Wildman–Crippen LogP) is 4.12. The Morgan fingerprint density at radius 3 is 2.68 bits per heavy atom. The second kappa shape index (κ2) is 10.0. The van der Waals surface area contributed by atoms with Gasteiger partial charge in [-0.2, -0.15) is 0 Å². The second-order valence-corrected chi connectivity index (χ2v) is 5.08. The summed E-state index contributed by atoms with van der Waals surface area (Å²) in [5.41, 5.74) is 0. The molecule has 0 amide bonds. The second-order valence-electron chi connectivity index (χ2n) is 5.08. The molecule has 0 saturated heterocycles. The lowest BCUT2D eigenvalue weighted by atomic mass is 10.0. The lowest BCUT2D eigenvalue weighted by molar-refractivity contribution is 0.0702. The standard InChI is InChI=1S/C16H29NO2/c1-4-7-8-14(5-2)12-18-13-16-10-9-15(19-16)11-17-6-3/h9-10,14,17H,4-8,11-13H2,1-3H3. The number of furan rings is 1. The Morgan fingerprint density at radius 2 is 2.00 bits per heavy atom. The average Bonchev–Trinajstić information content (AvgIpc) is 2.88. The third-order valence-corrected chi connectivity index (χ3v) is 3.41. The van der Waals surface area contributed by atoms with Crippen LogP contribution in [0.1, 0.15) is 58.0 Å². The molecular weight excluding hydrogens is 238 g/mol. The fraction of sp³-hybridized carbons (Fsp3) is 0.750. The minimum Gasteiger partial charge on any atom is -0.462 e. The van der Waals surface area contributed by atoms with Crippen LogP contribution in [0.15, 0.2) is 16.5 Å². The highest BCUT2D eigenvalue weighted by molar-refractivity contribution is 5.06. The van der Waals surface area contributed by atoms with Crippen molar-refractivity contribution in [1.29, 1.82) is 0 Å². The van der Waals surface area contributed by atoms with E-state index < -0.39 is 0 Å². The first-order chi connectivity index (χ1) is 9.30. The van der Waals surface area contributed by atoms with Gasteiger partial charge in [-0.05, 0) is 31.0 Å². The summed E-state index contributed by atoms with van der Waals surface area (Å²) in [4.78, 5) is 0. The van der Waals surface area contributed by atoms with Gasteiger partial charge in [-0.3, -0.25) is 0 Å². The topological polar surface area (TPSA) is 34.4 Å². The molecule has 0 aliphatic carbocycles. The van der Waals surface area contributed by atoms with Gasteiger partial charge < -0.3 is 14.5 Å². The first-order valence-electron chi connectivity index (χ1n) is 7.66. The molecule has 0 aromatic carbocycles. The molecule has 0 aliphatic heterocycles. The van der Waals surface area contributed by atoms with Crippen LogP contribution in [0.2, 0.25) is 0 Å². The van der Waals surface area contributed by atoms with E-state index >= 15 is 0 Å². The van der Waals surface area contributed by atoms with Crippen molar-refractivity contribution in [2.45, 2.75) is 59.6 Å². The maximum atomic E-state index is 5.77. The number of hydrogen-bond donors (Lipinski definition) is 1. The third-order valence-electron chi connectivity index (χ3n) is 3.41. The molecular formula is C16H29NO2. The number of ether oxygens (including phenoxy) is 1. The lowest BCUT2D eigenvalue weighted by Gasteiger charge is -2.13. The molecule has 1 heterocycles. The van der Waals surface area contributed by atoms with Crippen molar-refractivity contribution in [3.8, 4) is 0 Å². The highest BCUT2D eigenvalue weighted by Gasteiger charge is 2.07. The summed E-state index contributed by atoms with van der Waals surface area (Å²) >= 11 is 0. The Bertz CT molecular complexity index is 322. The van der Waals surface area contributed by atoms with E-state index in [1.165, 1.54) is 25.7 Å². The highest BCUT2D eigenvalue weighted by atomic mass is 16.5. The van der Waals surface area contributed by atoms with Crippen molar-refractivity contribution < 1.29 is 9.15 Å². The molecule has 1 N–H and O–H groups in total. The maximum absolute atomic E-state index is 5.77. The summed E-state index contributed by atoms with van der Waals surface area (Å²) in [6.07, 6.45) is 5.04. The van der Waals surface area contributed by atoms with Gasteiger partial charge in [-0.1, -0.05) is 40.0 Å². The fourth-order valence-electron chi connectivity index (χ4n) is 2.07. The molecule has 0 saturated carbocycles. The van der Waals surface area contributed by atoms with Gasteiger partial charge in [0, 0.05) is 6.61 Å². The van der Waals surface area contributed by atoms with E-state index in [0.29, 0.717) is 12.5 Å². The normalized spacial score (nSPS) is 12.8. The molecule has 0 spiro atoms. The summed E-state index contributed by atoms with van der Waals surface area (Å²) < 4.78 is 11.5. The molecule has 3 heteroatoms. The van der Waals surface area contributed by atoms with Gasteiger partial charge in [0.1, 0.15) is 18.1 Å². The molecule has 1 aromatic rings. The number of unbranched alkanes of at least 4 members (excludes halogenated alkanes) is 1. The van der Waals surface area contributed by atoms with E-state index in [9.17, 15) is 0 Å². The van der Waals surface area contributed by atoms with Gasteiger partial charge in [0.15, 0.2) is 0 Å². The Labute approximate surface area is 117 Å². The largest absolute Gasteiger partial charge is 0.462 e. The number of rotatable bonds is 11. The Hall–Kier alpha value is -0.800. The first kappa shape index (κ1) is 16.3. The van der Waals surface area contributed by atoms with Crippen LogP contribution in [0, 0.1) is 5.92 Å². The summed E-state index contributed by atoms with van der Waals surface area (Å²) in [5.74, 6) is 2.60. The van der Waals surface area contributed by atoms with E-state index in [0.717, 1.165) is 31.2 Å². The van der Waals surface area contributed by atoms with Gasteiger partial charge in [0.05, 0.1) is 6.54 Å². The van der Waals surface area contributed by atoms with Gasteiger partial charge in [0.25, 0.3) is 0 Å². The van der Waals surface area contributed by atoms with E-state index in [-0.39, 0.29) is 0 Å². The smallest absolute Gasteiger partial charge is 0.129 e. The molecule has 19 heavy (non-hydrogen) atoms. The summed E-state index contributed by atoms with van der Waals surface area (Å²) in [7, 11) is 0. The molecule has 0 radical (unpaired) electrons. The van der Waals surface area contributed by atoms with Crippen molar-refractivity contribution in [2.24, 2.45) is 5.92 Å². The van der Waals surface area contributed by atoms with E-state index in [4.69, 9.17) is 9.15 Å². The molecule has 1 rings (SSSR count). The minimum atomic E-state index is 0.592. The van der Waals surface area contributed by atoms with Gasteiger partial charge >= 0.3 is 0 Å². The average molecular weight is 267 g/mol. The van der Waals surface area contributed by atoms with Crippen LogP contribution in [-0.4, -0.2) is 13.2 Å². The Morgan fingerprint density at radius 1 is 1.21 bits per heavy atom. The summed E-state index contributed by atoms with van der Waals surface area (Å²) in [6.45, 7) is 9.77. The molecule has 0 fully saturated rings. The number of hydrogen-bond acceptors (Lipinski definition) is 3. The zero-order chi connectivity index (χ0) is 13.9. The minimum absolute atomic E-state index is 0.592. The highest BCUT2D eigenvalue weighted by Crippen LogP contribution is 2.15. The zero-order valence-corrected chi connectivity index (χ0v) is 12.7. The summed E-state index contributed by atoms with van der Waals surface area (Å²) in [6, 6.07) is 4.04. The molecule has 1 atom stereocenters. The Kier molecular flexibility index (Phi) is 8.59. The Balaban J connectivity index is 2.22. The van der Waals surface area contributed by atoms with Crippen LogP contribution in [0.3, 0.4) is 0 Å². The number of nitrogens with one attached hydrogen (secondary N) is 1. The lowest BCUT2D eigenvalue weighted by Crippen LogP contribution is -2.10. The van der Waals surface area contributed by atoms with E-state index in [1.807, 2.05) is 12.1 Å². The summed E-state index contributed by atoms with van der Waals surface area (Å²) in [5, 5.41) is 3.25. The molecule has 3 nitrogen and oxygen atoms in total. The van der Waals surface area contributed by atoms with Crippen molar-refractivity contribution in [1.82, 2.24) is 5.32 Å². The monoisotopic (exact) mass is 267 g/mol. The molecule has 1 aromatic heterocycles. The van der Waals surface area contributed by atoms with Gasteiger partial charge in [-0.25, -0.2) is 0 Å². The van der Waals surface area contributed by atoms with Crippen molar-refractivity contribution in [3.63, 3.8) is 0 Å². The molecule has 0 aliphatic rings. The SMILES string of the molecule is CCCCC(CC)COCc1ccc(CNCC)o1. The zero-order valence-electron chi connectivity index (χ0n) is 12.7. The molecule has 1 unspecified atom stereocenters.